The molecule has 0 aliphatic carbocycles. The summed E-state index contributed by atoms with van der Waals surface area (Å²) < 4.78 is 0.937. The van der Waals surface area contributed by atoms with Gasteiger partial charge in [0.25, 0.3) is 0 Å². The lowest BCUT2D eigenvalue weighted by atomic mass is 10.2. The van der Waals surface area contributed by atoms with Crippen molar-refractivity contribution in [1.82, 2.24) is 9.97 Å². The van der Waals surface area contributed by atoms with Gasteiger partial charge in [-0.1, -0.05) is 28.1 Å². The molecule has 80 valence electrons. The van der Waals surface area contributed by atoms with Crippen LogP contribution in [0.4, 0.5) is 5.82 Å². The van der Waals surface area contributed by atoms with Crippen molar-refractivity contribution in [2.45, 2.75) is 0 Å². The molecule has 1 aromatic carbocycles. The van der Waals surface area contributed by atoms with Gasteiger partial charge < -0.3 is 5.73 Å². The molecule has 0 fully saturated rings. The molecule has 16 heavy (non-hydrogen) atoms. The lowest BCUT2D eigenvalue weighted by molar-refractivity contribution is 0.112. The van der Waals surface area contributed by atoms with E-state index in [1.807, 2.05) is 24.3 Å². The molecule has 1 heterocycles. The van der Waals surface area contributed by atoms with Crippen molar-refractivity contribution in [1.29, 1.82) is 0 Å². The van der Waals surface area contributed by atoms with E-state index in [0.29, 0.717) is 17.7 Å². The van der Waals surface area contributed by atoms with Crippen LogP contribution in [0.25, 0.3) is 11.4 Å². The first-order valence-electron chi connectivity index (χ1n) is 4.54. The van der Waals surface area contributed by atoms with Gasteiger partial charge in [0.05, 0.1) is 5.56 Å². The maximum atomic E-state index is 10.6. The minimum absolute atomic E-state index is 0.194. The molecule has 0 spiro atoms. The largest absolute Gasteiger partial charge is 0.383 e. The highest BCUT2D eigenvalue weighted by Crippen LogP contribution is 2.20. The third kappa shape index (κ3) is 2.09. The van der Waals surface area contributed by atoms with Crippen molar-refractivity contribution in [3.63, 3.8) is 0 Å². The number of rotatable bonds is 2. The standard InChI is InChI=1S/C11H8BrN3O/c12-9-3-1-2-7(4-9)11-14-5-8(6-16)10(13)15-11/h1-6H,(H2,13,14,15). The molecule has 0 bridgehead atoms. The van der Waals surface area contributed by atoms with Gasteiger partial charge in [-0.2, -0.15) is 0 Å². The van der Waals surface area contributed by atoms with Gasteiger partial charge in [-0.05, 0) is 12.1 Å². The van der Waals surface area contributed by atoms with Crippen LogP contribution in [0.1, 0.15) is 10.4 Å². The summed E-state index contributed by atoms with van der Waals surface area (Å²) in [6, 6.07) is 7.55. The minimum Gasteiger partial charge on any atom is -0.383 e. The van der Waals surface area contributed by atoms with E-state index in [9.17, 15) is 4.79 Å². The van der Waals surface area contributed by atoms with E-state index in [2.05, 4.69) is 25.9 Å². The molecule has 0 unspecified atom stereocenters. The van der Waals surface area contributed by atoms with Crippen molar-refractivity contribution in [3.05, 3.63) is 40.5 Å². The van der Waals surface area contributed by atoms with Crippen LogP contribution in [-0.2, 0) is 0 Å². The Labute approximate surface area is 101 Å². The molecule has 2 N–H and O–H groups in total. The van der Waals surface area contributed by atoms with Crippen LogP contribution in [0.5, 0.6) is 0 Å². The number of hydrogen-bond donors (Lipinski definition) is 1. The zero-order chi connectivity index (χ0) is 11.5. The van der Waals surface area contributed by atoms with Gasteiger partial charge in [0.15, 0.2) is 12.1 Å². The van der Waals surface area contributed by atoms with E-state index in [0.717, 1.165) is 10.0 Å². The molecule has 0 aliphatic rings. The number of nitrogen functional groups attached to an aromatic ring is 1. The molecule has 0 radical (unpaired) electrons. The maximum absolute atomic E-state index is 10.6. The summed E-state index contributed by atoms with van der Waals surface area (Å²) in [4.78, 5) is 18.7. The maximum Gasteiger partial charge on any atom is 0.161 e. The van der Waals surface area contributed by atoms with Crippen LogP contribution in [0.2, 0.25) is 0 Å². The molecule has 0 aliphatic heterocycles. The molecule has 5 heteroatoms. The Morgan fingerprint density at radius 1 is 1.38 bits per heavy atom. The lowest BCUT2D eigenvalue weighted by Gasteiger charge is -2.02. The van der Waals surface area contributed by atoms with Crippen LogP contribution >= 0.6 is 15.9 Å². The Balaban J connectivity index is 2.49. The van der Waals surface area contributed by atoms with E-state index < -0.39 is 0 Å². The van der Waals surface area contributed by atoms with E-state index in [-0.39, 0.29) is 5.82 Å². The summed E-state index contributed by atoms with van der Waals surface area (Å²) in [6.45, 7) is 0. The monoisotopic (exact) mass is 277 g/mol. The van der Waals surface area contributed by atoms with Crippen LogP contribution in [-0.4, -0.2) is 16.3 Å². The van der Waals surface area contributed by atoms with Crippen LogP contribution in [0.3, 0.4) is 0 Å². The molecule has 0 atom stereocenters. The van der Waals surface area contributed by atoms with E-state index in [1.54, 1.807) is 0 Å². The Hall–Kier alpha value is -1.75. The summed E-state index contributed by atoms with van der Waals surface area (Å²) >= 11 is 3.36. The second kappa shape index (κ2) is 4.40. The molecular formula is C11H8BrN3O. The number of carbonyl (C=O) groups is 1. The van der Waals surface area contributed by atoms with E-state index in [1.165, 1.54) is 6.20 Å². The first-order chi connectivity index (χ1) is 7.70. The second-order valence-corrected chi connectivity index (χ2v) is 4.08. The predicted octanol–water partition coefficient (Wildman–Crippen LogP) is 2.30. The summed E-state index contributed by atoms with van der Waals surface area (Å²) in [5.74, 6) is 0.698. The summed E-state index contributed by atoms with van der Waals surface area (Å²) in [5, 5.41) is 0. The number of aldehydes is 1. The van der Waals surface area contributed by atoms with Crippen molar-refractivity contribution in [2.24, 2.45) is 0 Å². The van der Waals surface area contributed by atoms with Gasteiger partial charge in [0.1, 0.15) is 5.82 Å². The zero-order valence-corrected chi connectivity index (χ0v) is 9.81. The highest BCUT2D eigenvalue weighted by Gasteiger charge is 2.05. The number of hydrogen-bond acceptors (Lipinski definition) is 4. The molecule has 1 aromatic heterocycles. The van der Waals surface area contributed by atoms with Crippen molar-refractivity contribution in [3.8, 4) is 11.4 Å². The normalized spacial score (nSPS) is 10.1. The van der Waals surface area contributed by atoms with Crippen LogP contribution in [0, 0.1) is 0 Å². The number of nitrogens with two attached hydrogens (primary N) is 1. The van der Waals surface area contributed by atoms with Gasteiger partial charge >= 0.3 is 0 Å². The first kappa shape index (κ1) is 10.8. The number of nitrogens with zero attached hydrogens (tertiary/aromatic N) is 2. The Bertz CT molecular complexity index is 543. The highest BCUT2D eigenvalue weighted by molar-refractivity contribution is 9.10. The molecule has 0 amide bonds. The predicted molar refractivity (Wildman–Crippen MR) is 65.0 cm³/mol. The van der Waals surface area contributed by atoms with Crippen LogP contribution in [0.15, 0.2) is 34.9 Å². The molecule has 2 aromatic rings. The number of benzene rings is 1. The van der Waals surface area contributed by atoms with Crippen LogP contribution < -0.4 is 5.73 Å². The number of carbonyl (C=O) groups excluding carboxylic acids is 1. The Kier molecular flexibility index (Phi) is 2.96. The fourth-order valence-corrected chi connectivity index (χ4v) is 1.66. The van der Waals surface area contributed by atoms with Crippen molar-refractivity contribution in [2.75, 3.05) is 5.73 Å². The third-order valence-electron chi connectivity index (χ3n) is 2.06. The topological polar surface area (TPSA) is 68.9 Å². The fourth-order valence-electron chi connectivity index (χ4n) is 1.26. The SMILES string of the molecule is Nc1nc(-c2cccc(Br)c2)ncc1C=O. The van der Waals surface area contributed by atoms with Gasteiger partial charge in [-0.3, -0.25) is 4.79 Å². The molecule has 2 rings (SSSR count). The number of halogens is 1. The van der Waals surface area contributed by atoms with Crippen molar-refractivity contribution >= 4 is 28.0 Å². The summed E-state index contributed by atoms with van der Waals surface area (Å²) in [5.41, 5.74) is 6.76. The smallest absolute Gasteiger partial charge is 0.161 e. The molecular weight excluding hydrogens is 270 g/mol. The first-order valence-corrected chi connectivity index (χ1v) is 5.33. The Morgan fingerprint density at radius 3 is 2.81 bits per heavy atom. The quantitative estimate of drug-likeness (QED) is 0.856. The highest BCUT2D eigenvalue weighted by atomic mass is 79.9. The molecule has 0 saturated carbocycles. The average Bonchev–Trinajstić information content (AvgIpc) is 2.29. The lowest BCUT2D eigenvalue weighted by Crippen LogP contribution is -2.00. The number of anilines is 1. The van der Waals surface area contributed by atoms with Gasteiger partial charge in [-0.25, -0.2) is 9.97 Å². The minimum atomic E-state index is 0.194. The fraction of sp³-hybridized carbons (Fsp3) is 0. The molecule has 0 saturated heterocycles. The van der Waals surface area contributed by atoms with E-state index in [4.69, 9.17) is 5.73 Å². The van der Waals surface area contributed by atoms with Gasteiger partial charge in [0.2, 0.25) is 0 Å². The third-order valence-corrected chi connectivity index (χ3v) is 2.55. The Morgan fingerprint density at radius 2 is 2.19 bits per heavy atom. The zero-order valence-electron chi connectivity index (χ0n) is 8.22. The average molecular weight is 278 g/mol. The summed E-state index contributed by atoms with van der Waals surface area (Å²) in [6.07, 6.45) is 2.06. The van der Waals surface area contributed by atoms with E-state index >= 15 is 0 Å². The van der Waals surface area contributed by atoms with Gasteiger partial charge in [0, 0.05) is 16.2 Å². The summed E-state index contributed by atoms with van der Waals surface area (Å²) in [7, 11) is 0. The number of aromatic nitrogens is 2. The van der Waals surface area contributed by atoms with Gasteiger partial charge in [-0.15, -0.1) is 0 Å². The van der Waals surface area contributed by atoms with Crippen molar-refractivity contribution < 1.29 is 4.79 Å². The second-order valence-electron chi connectivity index (χ2n) is 3.16. The molecule has 4 nitrogen and oxygen atoms in total.